The SMILES string of the molecule is COc1ccc(S(=O)(=O)CC2C[C@@H](C)O[C@@H](C)C2)cc1. The van der Waals surface area contributed by atoms with Gasteiger partial charge in [0, 0.05) is 0 Å². The standard InChI is InChI=1S/C15H22O4S/c1-11-8-13(9-12(2)19-11)10-20(16,17)15-6-4-14(18-3)5-7-15/h4-7,11-13H,8-10H2,1-3H3/t11-,12+,13?. The molecule has 0 saturated carbocycles. The van der Waals surface area contributed by atoms with E-state index in [-0.39, 0.29) is 23.9 Å². The quantitative estimate of drug-likeness (QED) is 0.857. The average molecular weight is 298 g/mol. The Hall–Kier alpha value is -1.07. The van der Waals surface area contributed by atoms with Crippen molar-refractivity contribution >= 4 is 9.84 Å². The molecule has 0 radical (unpaired) electrons. The number of benzene rings is 1. The van der Waals surface area contributed by atoms with Crippen LogP contribution in [0.1, 0.15) is 26.7 Å². The van der Waals surface area contributed by atoms with E-state index in [1.165, 1.54) is 0 Å². The lowest BCUT2D eigenvalue weighted by atomic mass is 9.94. The lowest BCUT2D eigenvalue weighted by molar-refractivity contribution is -0.0478. The first-order valence-electron chi connectivity index (χ1n) is 6.93. The second kappa shape index (κ2) is 6.14. The number of methoxy groups -OCH3 is 1. The Morgan fingerprint density at radius 3 is 2.20 bits per heavy atom. The van der Waals surface area contributed by atoms with Crippen LogP contribution in [-0.2, 0) is 14.6 Å². The van der Waals surface area contributed by atoms with Gasteiger partial charge in [0.2, 0.25) is 0 Å². The van der Waals surface area contributed by atoms with Crippen LogP contribution in [0.3, 0.4) is 0 Å². The van der Waals surface area contributed by atoms with Gasteiger partial charge in [0.1, 0.15) is 5.75 Å². The second-order valence-corrected chi connectivity index (χ2v) is 7.59. The highest BCUT2D eigenvalue weighted by molar-refractivity contribution is 7.91. The maximum Gasteiger partial charge on any atom is 0.178 e. The molecule has 1 aliphatic heterocycles. The molecule has 0 amide bonds. The number of ether oxygens (including phenoxy) is 2. The van der Waals surface area contributed by atoms with E-state index in [1.807, 2.05) is 13.8 Å². The van der Waals surface area contributed by atoms with Crippen LogP contribution in [0.25, 0.3) is 0 Å². The van der Waals surface area contributed by atoms with E-state index in [1.54, 1.807) is 31.4 Å². The van der Waals surface area contributed by atoms with E-state index in [4.69, 9.17) is 9.47 Å². The topological polar surface area (TPSA) is 52.6 Å². The van der Waals surface area contributed by atoms with Gasteiger partial charge in [0.15, 0.2) is 9.84 Å². The third-order valence-corrected chi connectivity index (χ3v) is 5.57. The van der Waals surface area contributed by atoms with Gasteiger partial charge in [-0.3, -0.25) is 0 Å². The fourth-order valence-electron chi connectivity index (χ4n) is 2.87. The van der Waals surface area contributed by atoms with E-state index in [2.05, 4.69) is 0 Å². The zero-order valence-electron chi connectivity index (χ0n) is 12.2. The number of rotatable bonds is 4. The van der Waals surface area contributed by atoms with Gasteiger partial charge in [-0.2, -0.15) is 0 Å². The molecule has 4 nitrogen and oxygen atoms in total. The molecular weight excluding hydrogens is 276 g/mol. The van der Waals surface area contributed by atoms with E-state index in [0.717, 1.165) is 12.8 Å². The van der Waals surface area contributed by atoms with Gasteiger partial charge in [-0.15, -0.1) is 0 Å². The smallest absolute Gasteiger partial charge is 0.178 e. The fraction of sp³-hybridized carbons (Fsp3) is 0.600. The van der Waals surface area contributed by atoms with Crippen molar-refractivity contribution in [3.63, 3.8) is 0 Å². The first kappa shape index (κ1) is 15.3. The normalized spacial score (nSPS) is 27.2. The van der Waals surface area contributed by atoms with Crippen molar-refractivity contribution in [3.8, 4) is 5.75 Å². The molecule has 0 aliphatic carbocycles. The zero-order chi connectivity index (χ0) is 14.8. The van der Waals surface area contributed by atoms with Gasteiger partial charge in [0.25, 0.3) is 0 Å². The fourth-order valence-corrected chi connectivity index (χ4v) is 4.50. The monoisotopic (exact) mass is 298 g/mol. The Bertz CT molecular complexity index is 525. The van der Waals surface area contributed by atoms with E-state index in [9.17, 15) is 8.42 Å². The molecule has 1 unspecified atom stereocenters. The summed E-state index contributed by atoms with van der Waals surface area (Å²) in [5.41, 5.74) is 0. The molecule has 5 heteroatoms. The Balaban J connectivity index is 2.09. The van der Waals surface area contributed by atoms with Gasteiger partial charge >= 0.3 is 0 Å². The van der Waals surface area contributed by atoms with Gasteiger partial charge in [0.05, 0.1) is 30.0 Å². The van der Waals surface area contributed by atoms with Crippen LogP contribution < -0.4 is 4.74 Å². The van der Waals surface area contributed by atoms with Crippen LogP contribution >= 0.6 is 0 Å². The molecule has 2 rings (SSSR count). The van der Waals surface area contributed by atoms with E-state index in [0.29, 0.717) is 10.6 Å². The van der Waals surface area contributed by atoms with Crippen LogP contribution in [0, 0.1) is 5.92 Å². The molecule has 1 heterocycles. The molecule has 0 N–H and O–H groups in total. The van der Waals surface area contributed by atoms with Crippen molar-refractivity contribution in [1.82, 2.24) is 0 Å². The summed E-state index contributed by atoms with van der Waals surface area (Å²) in [6, 6.07) is 6.59. The molecule has 3 atom stereocenters. The molecule has 1 aliphatic rings. The predicted molar refractivity (Wildman–Crippen MR) is 77.8 cm³/mol. The van der Waals surface area contributed by atoms with Crippen LogP contribution in [0.4, 0.5) is 0 Å². The molecule has 0 spiro atoms. The highest BCUT2D eigenvalue weighted by Gasteiger charge is 2.29. The van der Waals surface area contributed by atoms with Gasteiger partial charge in [-0.25, -0.2) is 8.42 Å². The Morgan fingerprint density at radius 1 is 1.15 bits per heavy atom. The summed E-state index contributed by atoms with van der Waals surface area (Å²) in [5.74, 6) is 1.02. The molecule has 0 bridgehead atoms. The van der Waals surface area contributed by atoms with Gasteiger partial charge in [-0.1, -0.05) is 0 Å². The Labute approximate surface area is 121 Å². The molecule has 20 heavy (non-hydrogen) atoms. The van der Waals surface area contributed by atoms with Gasteiger partial charge in [-0.05, 0) is 56.9 Å². The first-order valence-corrected chi connectivity index (χ1v) is 8.58. The van der Waals surface area contributed by atoms with Crippen LogP contribution in [0.5, 0.6) is 5.75 Å². The molecular formula is C15H22O4S. The summed E-state index contributed by atoms with van der Waals surface area (Å²) in [5, 5.41) is 0. The molecule has 1 saturated heterocycles. The third kappa shape index (κ3) is 3.73. The molecule has 1 aromatic rings. The van der Waals surface area contributed by atoms with Crippen LogP contribution in [0.15, 0.2) is 29.2 Å². The summed E-state index contributed by atoms with van der Waals surface area (Å²) in [4.78, 5) is 0.366. The predicted octanol–water partition coefficient (Wildman–Crippen LogP) is 2.67. The van der Waals surface area contributed by atoms with Crippen molar-refractivity contribution in [2.45, 2.75) is 43.8 Å². The number of hydrogen-bond donors (Lipinski definition) is 0. The van der Waals surface area contributed by atoms with Crippen molar-refractivity contribution < 1.29 is 17.9 Å². The highest BCUT2D eigenvalue weighted by Crippen LogP contribution is 2.28. The maximum absolute atomic E-state index is 12.4. The lowest BCUT2D eigenvalue weighted by Gasteiger charge is -2.31. The largest absolute Gasteiger partial charge is 0.497 e. The van der Waals surface area contributed by atoms with Crippen molar-refractivity contribution in [1.29, 1.82) is 0 Å². The third-order valence-electron chi connectivity index (χ3n) is 3.67. The minimum Gasteiger partial charge on any atom is -0.497 e. The molecule has 1 aromatic carbocycles. The Morgan fingerprint density at radius 2 is 1.70 bits per heavy atom. The summed E-state index contributed by atoms with van der Waals surface area (Å²) < 4.78 is 35.6. The summed E-state index contributed by atoms with van der Waals surface area (Å²) >= 11 is 0. The first-order chi connectivity index (χ1) is 9.40. The number of hydrogen-bond acceptors (Lipinski definition) is 4. The summed E-state index contributed by atoms with van der Waals surface area (Å²) in [7, 11) is -1.68. The van der Waals surface area contributed by atoms with Crippen LogP contribution in [-0.4, -0.2) is 33.5 Å². The van der Waals surface area contributed by atoms with Crippen molar-refractivity contribution in [2.24, 2.45) is 5.92 Å². The average Bonchev–Trinajstić information content (AvgIpc) is 2.37. The van der Waals surface area contributed by atoms with Crippen molar-refractivity contribution in [2.75, 3.05) is 12.9 Å². The Kier molecular flexibility index (Phi) is 4.70. The molecule has 0 aromatic heterocycles. The molecule has 1 fully saturated rings. The number of sulfone groups is 1. The minimum absolute atomic E-state index is 0.134. The van der Waals surface area contributed by atoms with Crippen LogP contribution in [0.2, 0.25) is 0 Å². The molecule has 112 valence electrons. The van der Waals surface area contributed by atoms with Gasteiger partial charge < -0.3 is 9.47 Å². The summed E-state index contributed by atoms with van der Waals surface area (Å²) in [6.07, 6.45) is 1.88. The van der Waals surface area contributed by atoms with E-state index < -0.39 is 9.84 Å². The summed E-state index contributed by atoms with van der Waals surface area (Å²) in [6.45, 7) is 4.01. The van der Waals surface area contributed by atoms with Crippen molar-refractivity contribution in [3.05, 3.63) is 24.3 Å². The van der Waals surface area contributed by atoms with E-state index >= 15 is 0 Å². The maximum atomic E-state index is 12.4. The highest BCUT2D eigenvalue weighted by atomic mass is 32.2. The minimum atomic E-state index is -3.24. The second-order valence-electron chi connectivity index (χ2n) is 5.55. The zero-order valence-corrected chi connectivity index (χ0v) is 13.0. The lowest BCUT2D eigenvalue weighted by Crippen LogP contribution is -2.32.